The van der Waals surface area contributed by atoms with Crippen molar-refractivity contribution in [3.63, 3.8) is 0 Å². The molecule has 1 atom stereocenters. The predicted molar refractivity (Wildman–Crippen MR) is 83.2 cm³/mol. The normalized spacial score (nSPS) is 19.0. The van der Waals surface area contributed by atoms with Crippen molar-refractivity contribution < 1.29 is 17.9 Å². The molecule has 1 amide bonds. The van der Waals surface area contributed by atoms with Gasteiger partial charge in [-0.05, 0) is 6.07 Å². The number of ether oxygens (including phenoxy) is 1. The van der Waals surface area contributed by atoms with Gasteiger partial charge in [-0.25, -0.2) is 13.1 Å². The molecule has 0 bridgehead atoms. The lowest BCUT2D eigenvalue weighted by Gasteiger charge is -2.37. The van der Waals surface area contributed by atoms with Crippen molar-refractivity contribution in [1.82, 2.24) is 14.9 Å². The number of carbonyl (C=O) groups is 1. The fourth-order valence-corrected chi connectivity index (χ4v) is 2.90. The van der Waals surface area contributed by atoms with Crippen molar-refractivity contribution in [2.75, 3.05) is 39.5 Å². The van der Waals surface area contributed by atoms with Crippen LogP contribution in [0.3, 0.4) is 0 Å². The molecule has 8 heteroatoms. The Morgan fingerprint density at radius 1 is 1.45 bits per heavy atom. The molecular weight excluding hydrogens is 306 g/mol. The Kier molecular flexibility index (Phi) is 5.38. The number of hydrogen-bond acceptors (Lipinski definition) is 5. The molecule has 2 rings (SSSR count). The van der Waals surface area contributed by atoms with E-state index in [4.69, 9.17) is 4.74 Å². The third-order valence-electron chi connectivity index (χ3n) is 3.55. The fourth-order valence-electron chi connectivity index (χ4n) is 2.52. The number of methoxy groups -OCH3 is 1. The maximum Gasteiger partial charge on any atom is 0.238 e. The molecular formula is C14H21N3O4S. The van der Waals surface area contributed by atoms with Crippen molar-refractivity contribution in [2.45, 2.75) is 6.04 Å². The number of benzene rings is 1. The number of hydrogen-bond donors (Lipinski definition) is 2. The number of nitrogens with one attached hydrogen (secondary N) is 2. The van der Waals surface area contributed by atoms with Gasteiger partial charge >= 0.3 is 0 Å². The minimum atomic E-state index is -3.39. The van der Waals surface area contributed by atoms with Crippen LogP contribution in [-0.4, -0.2) is 58.8 Å². The van der Waals surface area contributed by atoms with Crippen molar-refractivity contribution in [1.29, 1.82) is 0 Å². The summed E-state index contributed by atoms with van der Waals surface area (Å²) in [5.41, 5.74) is 0.907. The smallest absolute Gasteiger partial charge is 0.238 e. The molecule has 0 saturated carbocycles. The van der Waals surface area contributed by atoms with E-state index in [0.717, 1.165) is 11.8 Å². The highest BCUT2D eigenvalue weighted by atomic mass is 32.2. The standard InChI is InChI=1S/C14H21N3O4S/c1-21-13-6-4-3-5-11(13)12-9-15-7-8-17(12)14(18)10-16-22(2,19)20/h3-6,12,15-16H,7-10H2,1-2H3/t12-/m1/s1. The molecule has 0 spiro atoms. The lowest BCUT2D eigenvalue weighted by molar-refractivity contribution is -0.133. The van der Waals surface area contributed by atoms with Crippen LogP contribution in [0, 0.1) is 0 Å². The van der Waals surface area contributed by atoms with Crippen molar-refractivity contribution in [3.8, 4) is 5.75 Å². The number of amides is 1. The van der Waals surface area contributed by atoms with E-state index in [0.29, 0.717) is 25.4 Å². The van der Waals surface area contributed by atoms with Crippen LogP contribution in [0.1, 0.15) is 11.6 Å². The molecule has 7 nitrogen and oxygen atoms in total. The summed E-state index contributed by atoms with van der Waals surface area (Å²) in [6.07, 6.45) is 1.04. The van der Waals surface area contributed by atoms with E-state index < -0.39 is 10.0 Å². The van der Waals surface area contributed by atoms with E-state index in [-0.39, 0.29) is 18.5 Å². The van der Waals surface area contributed by atoms with Gasteiger partial charge < -0.3 is 15.0 Å². The quantitative estimate of drug-likeness (QED) is 0.776. The lowest BCUT2D eigenvalue weighted by Crippen LogP contribution is -2.51. The zero-order valence-electron chi connectivity index (χ0n) is 12.7. The van der Waals surface area contributed by atoms with Crippen LogP contribution in [-0.2, 0) is 14.8 Å². The largest absolute Gasteiger partial charge is 0.496 e. The molecule has 1 aliphatic heterocycles. The summed E-state index contributed by atoms with van der Waals surface area (Å²) in [6, 6.07) is 7.35. The van der Waals surface area contributed by atoms with Gasteiger partial charge in [-0.3, -0.25) is 4.79 Å². The Bertz CT molecular complexity index is 633. The van der Waals surface area contributed by atoms with Crippen LogP contribution in [0.15, 0.2) is 24.3 Å². The number of para-hydroxylation sites is 1. The van der Waals surface area contributed by atoms with Crippen LogP contribution in [0.2, 0.25) is 0 Å². The highest BCUT2D eigenvalue weighted by Crippen LogP contribution is 2.30. The van der Waals surface area contributed by atoms with E-state index in [1.807, 2.05) is 24.3 Å². The summed E-state index contributed by atoms with van der Waals surface area (Å²) < 4.78 is 29.9. The van der Waals surface area contributed by atoms with Gasteiger partial charge in [-0.2, -0.15) is 0 Å². The third kappa shape index (κ3) is 4.19. The summed E-state index contributed by atoms with van der Waals surface area (Å²) in [5, 5.41) is 3.25. The molecule has 122 valence electrons. The first-order valence-corrected chi connectivity index (χ1v) is 8.89. The zero-order chi connectivity index (χ0) is 16.2. The second kappa shape index (κ2) is 7.08. The number of rotatable bonds is 5. The predicted octanol–water partition coefficient (Wildman–Crippen LogP) is -0.283. The van der Waals surface area contributed by atoms with Crippen LogP contribution in [0.4, 0.5) is 0 Å². The SMILES string of the molecule is COc1ccccc1[C@H]1CNCCN1C(=O)CNS(C)(=O)=O. The molecule has 0 aliphatic carbocycles. The molecule has 1 fully saturated rings. The van der Waals surface area contributed by atoms with Crippen LogP contribution >= 0.6 is 0 Å². The molecule has 1 aromatic rings. The van der Waals surface area contributed by atoms with E-state index in [1.54, 1.807) is 12.0 Å². The van der Waals surface area contributed by atoms with Gasteiger partial charge in [0.1, 0.15) is 5.75 Å². The molecule has 2 N–H and O–H groups in total. The van der Waals surface area contributed by atoms with Crippen LogP contribution in [0.5, 0.6) is 5.75 Å². The number of nitrogens with zero attached hydrogens (tertiary/aromatic N) is 1. The average Bonchev–Trinajstić information content (AvgIpc) is 2.52. The van der Waals surface area contributed by atoms with Crippen molar-refractivity contribution in [2.24, 2.45) is 0 Å². The maximum atomic E-state index is 12.4. The molecule has 1 aliphatic rings. The summed E-state index contributed by atoms with van der Waals surface area (Å²) in [4.78, 5) is 14.0. The Hall–Kier alpha value is -1.64. The minimum absolute atomic E-state index is 0.182. The summed E-state index contributed by atoms with van der Waals surface area (Å²) in [7, 11) is -1.80. The molecule has 0 radical (unpaired) electrons. The van der Waals surface area contributed by atoms with E-state index in [9.17, 15) is 13.2 Å². The number of carbonyl (C=O) groups excluding carboxylic acids is 1. The molecule has 1 saturated heterocycles. The summed E-state index contributed by atoms with van der Waals surface area (Å²) in [5.74, 6) is 0.466. The monoisotopic (exact) mass is 327 g/mol. The zero-order valence-corrected chi connectivity index (χ0v) is 13.5. The summed E-state index contributed by atoms with van der Waals surface area (Å²) >= 11 is 0. The molecule has 1 heterocycles. The highest BCUT2D eigenvalue weighted by molar-refractivity contribution is 7.88. The van der Waals surface area contributed by atoms with Gasteiger partial charge in [0.15, 0.2) is 0 Å². The molecule has 0 unspecified atom stereocenters. The van der Waals surface area contributed by atoms with E-state index in [2.05, 4.69) is 10.0 Å². The highest BCUT2D eigenvalue weighted by Gasteiger charge is 2.29. The van der Waals surface area contributed by atoms with Gasteiger partial charge in [-0.1, -0.05) is 18.2 Å². The fraction of sp³-hybridized carbons (Fsp3) is 0.500. The van der Waals surface area contributed by atoms with Gasteiger partial charge in [0, 0.05) is 25.2 Å². The third-order valence-corrected chi connectivity index (χ3v) is 4.22. The van der Waals surface area contributed by atoms with Gasteiger partial charge in [-0.15, -0.1) is 0 Å². The van der Waals surface area contributed by atoms with Gasteiger partial charge in [0.25, 0.3) is 0 Å². The minimum Gasteiger partial charge on any atom is -0.496 e. The molecule has 0 aromatic heterocycles. The number of sulfonamides is 1. The Morgan fingerprint density at radius 3 is 2.86 bits per heavy atom. The Balaban J connectivity index is 2.19. The van der Waals surface area contributed by atoms with E-state index >= 15 is 0 Å². The maximum absolute atomic E-state index is 12.4. The van der Waals surface area contributed by atoms with Crippen molar-refractivity contribution in [3.05, 3.63) is 29.8 Å². The first kappa shape index (κ1) is 16.7. The average molecular weight is 327 g/mol. The van der Waals surface area contributed by atoms with Crippen molar-refractivity contribution >= 4 is 15.9 Å². The topological polar surface area (TPSA) is 87.7 Å². The second-order valence-corrected chi connectivity index (χ2v) is 6.98. The summed E-state index contributed by atoms with van der Waals surface area (Å²) in [6.45, 7) is 1.57. The number of piperazine rings is 1. The molecule has 22 heavy (non-hydrogen) atoms. The molecule has 1 aromatic carbocycles. The first-order valence-electron chi connectivity index (χ1n) is 7.00. The van der Waals surface area contributed by atoms with Gasteiger partial charge in [0.2, 0.25) is 15.9 Å². The Morgan fingerprint density at radius 2 is 2.18 bits per heavy atom. The Labute approximate surface area is 130 Å². The second-order valence-electron chi connectivity index (χ2n) is 5.14. The lowest BCUT2D eigenvalue weighted by atomic mass is 10.0. The van der Waals surface area contributed by atoms with Gasteiger partial charge in [0.05, 0.1) is 26.0 Å². The van der Waals surface area contributed by atoms with E-state index in [1.165, 1.54) is 0 Å². The van der Waals surface area contributed by atoms with Crippen LogP contribution < -0.4 is 14.8 Å². The first-order chi connectivity index (χ1) is 10.4. The van der Waals surface area contributed by atoms with Crippen LogP contribution in [0.25, 0.3) is 0 Å².